The minimum absolute atomic E-state index is 0.143. The predicted molar refractivity (Wildman–Crippen MR) is 78.6 cm³/mol. The molecule has 1 fully saturated rings. The van der Waals surface area contributed by atoms with Gasteiger partial charge in [-0.05, 0) is 42.4 Å². The Morgan fingerprint density at radius 1 is 1.33 bits per heavy atom. The second kappa shape index (κ2) is 5.63. The molecular weight excluding hydrogens is 272 g/mol. The molecule has 1 aromatic carbocycles. The summed E-state index contributed by atoms with van der Waals surface area (Å²) in [5.74, 6) is -0.863. The fraction of sp³-hybridized carbons (Fsp3) is 0.467. The number of anilines is 1. The molecule has 6 heteroatoms. The number of aromatic carboxylic acids is 1. The van der Waals surface area contributed by atoms with Crippen molar-refractivity contribution in [1.82, 2.24) is 5.32 Å². The lowest BCUT2D eigenvalue weighted by molar-refractivity contribution is 0.0697. The van der Waals surface area contributed by atoms with Crippen LogP contribution in [-0.4, -0.2) is 28.8 Å². The minimum atomic E-state index is -1.21. The number of nitrogens with one attached hydrogen (secondary N) is 2. The van der Waals surface area contributed by atoms with Gasteiger partial charge in [-0.1, -0.05) is 13.8 Å². The van der Waals surface area contributed by atoms with Crippen molar-refractivity contribution in [1.29, 1.82) is 0 Å². The fourth-order valence-corrected chi connectivity index (χ4v) is 2.36. The summed E-state index contributed by atoms with van der Waals surface area (Å²) in [6.07, 6.45) is 2.20. The van der Waals surface area contributed by atoms with Crippen LogP contribution in [0.4, 0.5) is 10.5 Å². The number of carboxylic acids is 1. The van der Waals surface area contributed by atoms with E-state index < -0.39 is 12.0 Å². The van der Waals surface area contributed by atoms with Gasteiger partial charge in [0.1, 0.15) is 5.75 Å². The van der Waals surface area contributed by atoms with E-state index >= 15 is 0 Å². The molecule has 2 amide bonds. The first kappa shape index (κ1) is 15.2. The molecule has 21 heavy (non-hydrogen) atoms. The van der Waals surface area contributed by atoms with Gasteiger partial charge in [0.25, 0.3) is 0 Å². The van der Waals surface area contributed by atoms with Crippen molar-refractivity contribution in [3.8, 4) is 5.75 Å². The summed E-state index contributed by atoms with van der Waals surface area (Å²) >= 11 is 0. The van der Waals surface area contributed by atoms with E-state index in [1.807, 2.05) is 0 Å². The van der Waals surface area contributed by atoms with Crippen LogP contribution in [-0.2, 0) is 0 Å². The monoisotopic (exact) mass is 292 g/mol. The first-order valence-corrected chi connectivity index (χ1v) is 6.95. The Morgan fingerprint density at radius 2 is 2.00 bits per heavy atom. The highest BCUT2D eigenvalue weighted by Gasteiger charge is 2.45. The lowest BCUT2D eigenvalue weighted by Gasteiger charge is -2.20. The van der Waals surface area contributed by atoms with Crippen molar-refractivity contribution < 1.29 is 19.8 Å². The van der Waals surface area contributed by atoms with E-state index in [2.05, 4.69) is 24.5 Å². The zero-order chi connectivity index (χ0) is 15.6. The number of urea groups is 1. The molecule has 6 nitrogen and oxygen atoms in total. The number of phenols is 1. The number of hydrogen-bond donors (Lipinski definition) is 4. The van der Waals surface area contributed by atoms with Crippen molar-refractivity contribution in [3.05, 3.63) is 23.8 Å². The molecule has 1 aliphatic rings. The van der Waals surface area contributed by atoms with E-state index in [0.717, 1.165) is 18.9 Å². The largest absolute Gasteiger partial charge is 0.508 e. The molecule has 0 unspecified atom stereocenters. The molecule has 2 rings (SSSR count). The zero-order valence-corrected chi connectivity index (χ0v) is 12.1. The number of benzene rings is 1. The molecule has 0 atom stereocenters. The van der Waals surface area contributed by atoms with Crippen LogP contribution in [0, 0.1) is 11.3 Å². The Balaban J connectivity index is 1.99. The van der Waals surface area contributed by atoms with Crippen molar-refractivity contribution in [2.75, 3.05) is 11.9 Å². The summed E-state index contributed by atoms with van der Waals surface area (Å²) in [4.78, 5) is 23.0. The molecule has 114 valence electrons. The molecule has 0 bridgehead atoms. The van der Waals surface area contributed by atoms with Gasteiger partial charge in [0.05, 0.1) is 11.3 Å². The second-order valence-corrected chi connectivity index (χ2v) is 5.86. The number of phenolic OH excluding ortho intramolecular Hbond substituents is 1. The van der Waals surface area contributed by atoms with Crippen molar-refractivity contribution in [2.45, 2.75) is 26.7 Å². The van der Waals surface area contributed by atoms with Gasteiger partial charge in [-0.3, -0.25) is 0 Å². The van der Waals surface area contributed by atoms with Crippen LogP contribution in [0.1, 0.15) is 37.0 Å². The number of carboxylic acid groups (broad SMARTS) is 1. The second-order valence-electron chi connectivity index (χ2n) is 5.86. The maximum Gasteiger partial charge on any atom is 0.337 e. The van der Waals surface area contributed by atoms with Gasteiger partial charge in [0, 0.05) is 6.54 Å². The molecule has 0 radical (unpaired) electrons. The van der Waals surface area contributed by atoms with Crippen LogP contribution in [0.3, 0.4) is 0 Å². The molecule has 0 saturated heterocycles. The fourth-order valence-electron chi connectivity index (χ4n) is 2.36. The van der Waals surface area contributed by atoms with Crippen LogP contribution in [0.2, 0.25) is 0 Å². The maximum absolute atomic E-state index is 11.9. The summed E-state index contributed by atoms with van der Waals surface area (Å²) < 4.78 is 0. The van der Waals surface area contributed by atoms with Crippen molar-refractivity contribution in [3.63, 3.8) is 0 Å². The highest BCUT2D eigenvalue weighted by molar-refractivity contribution is 6.00. The van der Waals surface area contributed by atoms with Gasteiger partial charge in [-0.2, -0.15) is 0 Å². The van der Waals surface area contributed by atoms with E-state index in [9.17, 15) is 14.7 Å². The lowest BCUT2D eigenvalue weighted by Crippen LogP contribution is -2.35. The first-order valence-electron chi connectivity index (χ1n) is 6.95. The summed E-state index contributed by atoms with van der Waals surface area (Å²) in [5, 5.41) is 23.7. The molecule has 0 spiro atoms. The summed E-state index contributed by atoms with van der Waals surface area (Å²) in [6.45, 7) is 4.85. The Bertz CT molecular complexity index is 565. The van der Waals surface area contributed by atoms with Crippen LogP contribution in [0.5, 0.6) is 5.75 Å². The van der Waals surface area contributed by atoms with E-state index in [1.165, 1.54) is 12.1 Å². The molecule has 0 heterocycles. The molecule has 0 aromatic heterocycles. The highest BCUT2D eigenvalue weighted by Crippen LogP contribution is 2.51. The van der Waals surface area contributed by atoms with Crippen LogP contribution in [0.25, 0.3) is 0 Å². The average molecular weight is 292 g/mol. The van der Waals surface area contributed by atoms with Crippen LogP contribution >= 0.6 is 0 Å². The standard InChI is InChI=1S/C15H20N2O4/c1-9(2)15(5-6-15)8-16-14(21)17-12-4-3-10(18)7-11(12)13(19)20/h3-4,7,9,18H,5-6,8H2,1-2H3,(H,19,20)(H2,16,17,21). The van der Waals surface area contributed by atoms with E-state index in [-0.39, 0.29) is 22.4 Å². The van der Waals surface area contributed by atoms with E-state index in [4.69, 9.17) is 5.11 Å². The van der Waals surface area contributed by atoms with Gasteiger partial charge < -0.3 is 20.8 Å². The number of amides is 2. The molecule has 1 saturated carbocycles. The molecule has 1 aliphatic carbocycles. The average Bonchev–Trinajstić information content (AvgIpc) is 3.19. The van der Waals surface area contributed by atoms with E-state index in [0.29, 0.717) is 12.5 Å². The van der Waals surface area contributed by atoms with Gasteiger partial charge >= 0.3 is 12.0 Å². The summed E-state index contributed by atoms with van der Waals surface area (Å²) in [6, 6.07) is 3.37. The minimum Gasteiger partial charge on any atom is -0.508 e. The lowest BCUT2D eigenvalue weighted by atomic mass is 9.92. The summed E-state index contributed by atoms with van der Waals surface area (Å²) in [5.41, 5.74) is 0.199. The topological polar surface area (TPSA) is 98.7 Å². The van der Waals surface area contributed by atoms with E-state index in [1.54, 1.807) is 0 Å². The van der Waals surface area contributed by atoms with Crippen LogP contribution < -0.4 is 10.6 Å². The predicted octanol–water partition coefficient (Wildman–Crippen LogP) is 2.65. The normalized spacial score (nSPS) is 15.6. The number of rotatable bonds is 5. The van der Waals surface area contributed by atoms with Gasteiger partial charge in [-0.15, -0.1) is 0 Å². The Kier molecular flexibility index (Phi) is 4.06. The molecular formula is C15H20N2O4. The number of carbonyl (C=O) groups excluding carboxylic acids is 1. The van der Waals surface area contributed by atoms with Gasteiger partial charge in [0.15, 0.2) is 0 Å². The van der Waals surface area contributed by atoms with Crippen molar-refractivity contribution >= 4 is 17.7 Å². The number of carbonyl (C=O) groups is 2. The Hall–Kier alpha value is -2.24. The first-order chi connectivity index (χ1) is 9.84. The smallest absolute Gasteiger partial charge is 0.337 e. The van der Waals surface area contributed by atoms with Crippen LogP contribution in [0.15, 0.2) is 18.2 Å². The molecule has 4 N–H and O–H groups in total. The molecule has 1 aromatic rings. The maximum atomic E-state index is 11.9. The third kappa shape index (κ3) is 3.45. The van der Waals surface area contributed by atoms with Crippen molar-refractivity contribution in [2.24, 2.45) is 11.3 Å². The quantitative estimate of drug-likeness (QED) is 0.627. The number of aromatic hydroxyl groups is 1. The SMILES string of the molecule is CC(C)C1(CNC(=O)Nc2ccc(O)cc2C(=O)O)CC1. The van der Waals surface area contributed by atoms with Gasteiger partial charge in [-0.25, -0.2) is 9.59 Å². The third-order valence-corrected chi connectivity index (χ3v) is 4.20. The Labute approximate surface area is 123 Å². The summed E-state index contributed by atoms with van der Waals surface area (Å²) in [7, 11) is 0. The Morgan fingerprint density at radius 3 is 2.52 bits per heavy atom. The molecule has 0 aliphatic heterocycles. The highest BCUT2D eigenvalue weighted by atomic mass is 16.4. The zero-order valence-electron chi connectivity index (χ0n) is 12.1. The third-order valence-electron chi connectivity index (χ3n) is 4.20. The number of hydrogen-bond acceptors (Lipinski definition) is 3. The van der Waals surface area contributed by atoms with Gasteiger partial charge in [0.2, 0.25) is 0 Å².